The molecule has 0 bridgehead atoms. The first kappa shape index (κ1) is 13.9. The first-order chi connectivity index (χ1) is 10.2. The molecule has 112 valence electrons. The Kier molecular flexibility index (Phi) is 3.79. The lowest BCUT2D eigenvalue weighted by atomic mass is 10.1. The third kappa shape index (κ3) is 2.71. The minimum Gasteiger partial charge on any atom is -0.408 e. The summed E-state index contributed by atoms with van der Waals surface area (Å²) >= 11 is 0. The third-order valence-electron chi connectivity index (χ3n) is 4.04. The summed E-state index contributed by atoms with van der Waals surface area (Å²) in [5.74, 6) is -0.225. The summed E-state index contributed by atoms with van der Waals surface area (Å²) in [7, 11) is 0. The Morgan fingerprint density at radius 3 is 3.00 bits per heavy atom. The van der Waals surface area contributed by atoms with Crippen LogP contribution < -0.4 is 5.76 Å². The smallest absolute Gasteiger partial charge is 0.408 e. The minimum atomic E-state index is -0.504. The molecule has 1 aromatic heterocycles. The van der Waals surface area contributed by atoms with E-state index < -0.39 is 5.76 Å². The fraction of sp³-hybridized carbons (Fsp3) is 0.467. The standard InChI is InChI=1S/C15H18N2O4/c18-8-6-11-5-7-16(9-11)14(19)10-17-12-3-1-2-4-13(12)21-15(17)20/h1-4,11,18H,5-10H2. The number of carbonyl (C=O) groups excluding carboxylic acids is 1. The Morgan fingerprint density at radius 2 is 2.19 bits per heavy atom. The Labute approximate surface area is 121 Å². The van der Waals surface area contributed by atoms with Gasteiger partial charge < -0.3 is 14.4 Å². The zero-order valence-electron chi connectivity index (χ0n) is 11.7. The molecular formula is C15H18N2O4. The zero-order chi connectivity index (χ0) is 14.8. The van der Waals surface area contributed by atoms with Gasteiger partial charge in [-0.1, -0.05) is 12.1 Å². The van der Waals surface area contributed by atoms with E-state index in [1.54, 1.807) is 23.1 Å². The average molecular weight is 290 g/mol. The number of aliphatic hydroxyl groups is 1. The van der Waals surface area contributed by atoms with Gasteiger partial charge in [0.25, 0.3) is 0 Å². The molecule has 1 aromatic carbocycles. The lowest BCUT2D eigenvalue weighted by molar-refractivity contribution is -0.130. The van der Waals surface area contributed by atoms with Crippen molar-refractivity contribution in [3.8, 4) is 0 Å². The lowest BCUT2D eigenvalue weighted by Gasteiger charge is -2.16. The number of benzene rings is 1. The maximum Gasteiger partial charge on any atom is 0.420 e. The first-order valence-corrected chi connectivity index (χ1v) is 7.16. The number of fused-ring (bicyclic) bond motifs is 1. The van der Waals surface area contributed by atoms with Gasteiger partial charge in [0.05, 0.1) is 5.52 Å². The summed E-state index contributed by atoms with van der Waals surface area (Å²) in [4.78, 5) is 25.9. The molecule has 2 heterocycles. The number of carbonyl (C=O) groups is 1. The van der Waals surface area contributed by atoms with Crippen molar-refractivity contribution in [3.05, 3.63) is 34.8 Å². The summed E-state index contributed by atoms with van der Waals surface area (Å²) in [6.07, 6.45) is 1.63. The maximum absolute atomic E-state index is 12.3. The number of oxazole rings is 1. The molecule has 1 saturated heterocycles. The number of amides is 1. The fourth-order valence-corrected chi connectivity index (χ4v) is 2.88. The maximum atomic E-state index is 12.3. The van der Waals surface area contributed by atoms with Gasteiger partial charge in [-0.3, -0.25) is 9.36 Å². The van der Waals surface area contributed by atoms with Gasteiger partial charge >= 0.3 is 5.76 Å². The average Bonchev–Trinajstić information content (AvgIpc) is 3.05. The molecule has 1 atom stereocenters. The van der Waals surface area contributed by atoms with Crippen molar-refractivity contribution in [2.75, 3.05) is 19.7 Å². The van der Waals surface area contributed by atoms with Gasteiger partial charge in [-0.2, -0.15) is 0 Å². The summed E-state index contributed by atoms with van der Waals surface area (Å²) < 4.78 is 6.50. The van der Waals surface area contributed by atoms with Crippen molar-refractivity contribution in [1.82, 2.24) is 9.47 Å². The number of para-hydroxylation sites is 2. The van der Waals surface area contributed by atoms with Crippen molar-refractivity contribution < 1.29 is 14.3 Å². The fourth-order valence-electron chi connectivity index (χ4n) is 2.88. The van der Waals surface area contributed by atoms with Crippen LogP contribution >= 0.6 is 0 Å². The molecule has 6 nitrogen and oxygen atoms in total. The topological polar surface area (TPSA) is 75.7 Å². The molecule has 0 radical (unpaired) electrons. The van der Waals surface area contributed by atoms with Crippen LogP contribution in [0.1, 0.15) is 12.8 Å². The molecule has 1 aliphatic rings. The summed E-state index contributed by atoms with van der Waals surface area (Å²) in [5, 5.41) is 8.95. The van der Waals surface area contributed by atoms with E-state index >= 15 is 0 Å². The van der Waals surface area contributed by atoms with Crippen molar-refractivity contribution in [2.45, 2.75) is 19.4 Å². The molecule has 0 spiro atoms. The summed E-state index contributed by atoms with van der Waals surface area (Å²) in [5.41, 5.74) is 1.14. The molecular weight excluding hydrogens is 272 g/mol. The van der Waals surface area contributed by atoms with Crippen molar-refractivity contribution in [3.63, 3.8) is 0 Å². The molecule has 0 aliphatic carbocycles. The van der Waals surface area contributed by atoms with Gasteiger partial charge in [-0.25, -0.2) is 4.79 Å². The molecule has 0 saturated carbocycles. The van der Waals surface area contributed by atoms with Crippen LogP contribution in [-0.2, 0) is 11.3 Å². The third-order valence-corrected chi connectivity index (χ3v) is 4.04. The predicted octanol–water partition coefficient (Wildman–Crippen LogP) is 0.825. The van der Waals surface area contributed by atoms with E-state index in [0.717, 1.165) is 12.8 Å². The minimum absolute atomic E-state index is 0.00168. The molecule has 1 aliphatic heterocycles. The molecule has 1 fully saturated rings. The SMILES string of the molecule is O=C(Cn1c(=O)oc2ccccc21)N1CCC(CCO)C1. The number of likely N-dealkylation sites (tertiary alicyclic amines) is 1. The van der Waals surface area contributed by atoms with Gasteiger partial charge in [0.2, 0.25) is 5.91 Å². The van der Waals surface area contributed by atoms with Crippen LogP contribution in [0.15, 0.2) is 33.5 Å². The highest BCUT2D eigenvalue weighted by molar-refractivity contribution is 5.79. The second-order valence-corrected chi connectivity index (χ2v) is 5.43. The number of hydrogen-bond donors (Lipinski definition) is 1. The van der Waals surface area contributed by atoms with Crippen LogP contribution in [0, 0.1) is 5.92 Å². The molecule has 21 heavy (non-hydrogen) atoms. The molecule has 6 heteroatoms. The molecule has 3 rings (SSSR count). The van der Waals surface area contributed by atoms with E-state index in [1.165, 1.54) is 4.57 Å². The number of rotatable bonds is 4. The second-order valence-electron chi connectivity index (χ2n) is 5.43. The Bertz CT molecular complexity index is 703. The number of aromatic nitrogens is 1. The van der Waals surface area contributed by atoms with Crippen molar-refractivity contribution in [1.29, 1.82) is 0 Å². The van der Waals surface area contributed by atoms with Crippen molar-refractivity contribution >= 4 is 17.0 Å². The van der Waals surface area contributed by atoms with Gasteiger partial charge in [0.1, 0.15) is 6.54 Å². The monoisotopic (exact) mass is 290 g/mol. The van der Waals surface area contributed by atoms with Crippen LogP contribution in [0.4, 0.5) is 0 Å². The molecule has 2 aromatic rings. The quantitative estimate of drug-likeness (QED) is 0.904. The summed E-state index contributed by atoms with van der Waals surface area (Å²) in [6.45, 7) is 1.50. The van der Waals surface area contributed by atoms with E-state index in [4.69, 9.17) is 9.52 Å². The van der Waals surface area contributed by atoms with Gasteiger partial charge in [0.15, 0.2) is 5.58 Å². The van der Waals surface area contributed by atoms with Gasteiger partial charge in [-0.05, 0) is 30.9 Å². The van der Waals surface area contributed by atoms with E-state index in [2.05, 4.69) is 0 Å². The largest absolute Gasteiger partial charge is 0.420 e. The first-order valence-electron chi connectivity index (χ1n) is 7.16. The molecule has 1 amide bonds. The Morgan fingerprint density at radius 1 is 1.38 bits per heavy atom. The van der Waals surface area contributed by atoms with E-state index in [1.807, 2.05) is 6.07 Å². The van der Waals surface area contributed by atoms with E-state index in [0.29, 0.717) is 30.1 Å². The number of aliphatic hydroxyl groups excluding tert-OH is 1. The molecule has 1 N–H and O–H groups in total. The Hall–Kier alpha value is -2.08. The second kappa shape index (κ2) is 5.73. The predicted molar refractivity (Wildman–Crippen MR) is 76.9 cm³/mol. The van der Waals surface area contributed by atoms with Crippen LogP contribution in [0.2, 0.25) is 0 Å². The van der Waals surface area contributed by atoms with Crippen molar-refractivity contribution in [2.24, 2.45) is 5.92 Å². The molecule has 1 unspecified atom stereocenters. The summed E-state index contributed by atoms with van der Waals surface area (Å²) in [6, 6.07) is 7.08. The highest BCUT2D eigenvalue weighted by Crippen LogP contribution is 2.20. The highest BCUT2D eigenvalue weighted by atomic mass is 16.4. The highest BCUT2D eigenvalue weighted by Gasteiger charge is 2.26. The van der Waals surface area contributed by atoms with Crippen LogP contribution in [0.5, 0.6) is 0 Å². The number of hydrogen-bond acceptors (Lipinski definition) is 4. The van der Waals surface area contributed by atoms with E-state index in [-0.39, 0.29) is 19.1 Å². The van der Waals surface area contributed by atoms with Crippen LogP contribution in [0.25, 0.3) is 11.1 Å². The van der Waals surface area contributed by atoms with Crippen LogP contribution in [-0.4, -0.2) is 40.2 Å². The number of nitrogens with zero attached hydrogens (tertiary/aromatic N) is 2. The zero-order valence-corrected chi connectivity index (χ0v) is 11.7. The van der Waals surface area contributed by atoms with Gasteiger partial charge in [-0.15, -0.1) is 0 Å². The van der Waals surface area contributed by atoms with Crippen LogP contribution in [0.3, 0.4) is 0 Å². The van der Waals surface area contributed by atoms with Gasteiger partial charge in [0, 0.05) is 19.7 Å². The lowest BCUT2D eigenvalue weighted by Crippen LogP contribution is -2.34. The Balaban J connectivity index is 1.75. The normalized spacial score (nSPS) is 18.5. The van der Waals surface area contributed by atoms with E-state index in [9.17, 15) is 9.59 Å².